The van der Waals surface area contributed by atoms with Gasteiger partial charge in [0.15, 0.2) is 0 Å². The summed E-state index contributed by atoms with van der Waals surface area (Å²) in [6.45, 7) is 9.53. The lowest BCUT2D eigenvalue weighted by atomic mass is 9.85. The lowest BCUT2D eigenvalue weighted by Gasteiger charge is -2.17. The predicted octanol–water partition coefficient (Wildman–Crippen LogP) is 6.63. The molecule has 1 atom stereocenters. The molecule has 3 aromatic carbocycles. The Hall–Kier alpha value is -2.74. The van der Waals surface area contributed by atoms with Crippen molar-refractivity contribution in [3.8, 4) is 22.6 Å². The first-order chi connectivity index (χ1) is 13.5. The van der Waals surface area contributed by atoms with Crippen LogP contribution in [0.1, 0.15) is 53.5 Å². The van der Waals surface area contributed by atoms with E-state index < -0.39 is 0 Å². The number of fused-ring (bicyclic) bond motifs is 1. The fraction of sp³-hybridized carbons (Fsp3) is 0.308. The van der Waals surface area contributed by atoms with Crippen molar-refractivity contribution in [3.63, 3.8) is 0 Å². The highest BCUT2D eigenvalue weighted by Crippen LogP contribution is 2.47. The van der Waals surface area contributed by atoms with Crippen molar-refractivity contribution in [1.82, 2.24) is 0 Å². The molecule has 3 aromatic rings. The molecule has 28 heavy (non-hydrogen) atoms. The summed E-state index contributed by atoms with van der Waals surface area (Å²) < 4.78 is 11.6. The molecule has 0 spiro atoms. The van der Waals surface area contributed by atoms with E-state index in [9.17, 15) is 0 Å². The second-order valence-electron chi connectivity index (χ2n) is 8.04. The zero-order valence-electron chi connectivity index (χ0n) is 17.4. The van der Waals surface area contributed by atoms with Gasteiger partial charge in [0.1, 0.15) is 11.5 Å². The largest absolute Gasteiger partial charge is 0.497 e. The zero-order valence-corrected chi connectivity index (χ0v) is 17.4. The number of methoxy groups -OCH3 is 1. The number of aryl methyl sites for hydroxylation is 2. The van der Waals surface area contributed by atoms with Gasteiger partial charge in [-0.1, -0.05) is 56.3 Å². The van der Waals surface area contributed by atoms with E-state index in [0.29, 0.717) is 12.5 Å². The highest BCUT2D eigenvalue weighted by Gasteiger charge is 2.31. The molecule has 2 heteroatoms. The monoisotopic (exact) mass is 372 g/mol. The van der Waals surface area contributed by atoms with Crippen LogP contribution in [-0.2, 0) is 0 Å². The molecular formula is C26H28O2. The van der Waals surface area contributed by atoms with E-state index in [2.05, 4.69) is 70.2 Å². The average Bonchev–Trinajstić information content (AvgIpc) is 3.14. The van der Waals surface area contributed by atoms with Gasteiger partial charge in [0.25, 0.3) is 0 Å². The molecule has 144 valence electrons. The first kappa shape index (κ1) is 18.6. The molecule has 0 N–H and O–H groups in total. The van der Waals surface area contributed by atoms with Crippen LogP contribution in [0.15, 0.2) is 54.6 Å². The summed E-state index contributed by atoms with van der Waals surface area (Å²) in [5, 5.41) is 0. The van der Waals surface area contributed by atoms with Crippen molar-refractivity contribution in [1.29, 1.82) is 0 Å². The Balaban J connectivity index is 1.79. The predicted molar refractivity (Wildman–Crippen MR) is 116 cm³/mol. The third kappa shape index (κ3) is 3.17. The molecule has 0 aromatic heterocycles. The topological polar surface area (TPSA) is 18.5 Å². The summed E-state index contributed by atoms with van der Waals surface area (Å²) in [4.78, 5) is 0. The summed E-state index contributed by atoms with van der Waals surface area (Å²) >= 11 is 0. The minimum Gasteiger partial charge on any atom is -0.497 e. The van der Waals surface area contributed by atoms with E-state index in [4.69, 9.17) is 9.47 Å². The average molecular weight is 373 g/mol. The molecule has 0 aliphatic carbocycles. The number of benzene rings is 3. The lowest BCUT2D eigenvalue weighted by Crippen LogP contribution is -2.04. The Labute approximate surface area is 168 Å². The minimum atomic E-state index is 0.286. The van der Waals surface area contributed by atoms with Crippen molar-refractivity contribution in [2.24, 2.45) is 0 Å². The first-order valence-electron chi connectivity index (χ1n) is 10.0. The molecule has 0 fully saturated rings. The van der Waals surface area contributed by atoms with Crippen LogP contribution in [0.25, 0.3) is 11.1 Å². The highest BCUT2D eigenvalue weighted by atomic mass is 16.5. The maximum absolute atomic E-state index is 6.32. The maximum Gasteiger partial charge on any atom is 0.131 e. The van der Waals surface area contributed by atoms with Crippen molar-refractivity contribution in [3.05, 3.63) is 82.4 Å². The molecule has 0 amide bonds. The smallest absolute Gasteiger partial charge is 0.131 e. The van der Waals surface area contributed by atoms with Gasteiger partial charge in [0.05, 0.1) is 13.7 Å². The van der Waals surface area contributed by atoms with Gasteiger partial charge in [-0.15, -0.1) is 0 Å². The second-order valence-corrected chi connectivity index (χ2v) is 8.04. The Kier molecular flexibility index (Phi) is 4.89. The van der Waals surface area contributed by atoms with Crippen LogP contribution in [0.2, 0.25) is 0 Å². The molecule has 1 aliphatic rings. The Morgan fingerprint density at radius 3 is 2.21 bits per heavy atom. The standard InChI is InChI=1S/C26H28O2/c1-16(2)19-6-8-20(9-7-19)23-15-28-26-24(17(3)14-18(4)25(23)26)21-10-12-22(27-5)13-11-21/h6-14,16,23H,15H2,1-5H3. The fourth-order valence-electron chi connectivity index (χ4n) is 4.29. The van der Waals surface area contributed by atoms with Gasteiger partial charge in [0, 0.05) is 17.0 Å². The van der Waals surface area contributed by atoms with Crippen LogP contribution in [0, 0.1) is 13.8 Å². The van der Waals surface area contributed by atoms with Crippen molar-refractivity contribution in [2.75, 3.05) is 13.7 Å². The fourth-order valence-corrected chi connectivity index (χ4v) is 4.29. The van der Waals surface area contributed by atoms with E-state index >= 15 is 0 Å². The van der Waals surface area contributed by atoms with Gasteiger partial charge in [-0.25, -0.2) is 0 Å². The molecule has 0 saturated heterocycles. The summed E-state index contributed by atoms with van der Waals surface area (Å²) in [6, 6.07) is 19.6. The van der Waals surface area contributed by atoms with E-state index in [1.54, 1.807) is 7.11 Å². The normalized spacial score (nSPS) is 15.4. The molecule has 0 bridgehead atoms. The quantitative estimate of drug-likeness (QED) is 0.512. The van der Waals surface area contributed by atoms with Crippen molar-refractivity contribution < 1.29 is 9.47 Å². The van der Waals surface area contributed by atoms with Gasteiger partial charge in [-0.05, 0) is 59.7 Å². The summed E-state index contributed by atoms with van der Waals surface area (Å²) in [5.41, 5.74) is 8.96. The molecule has 2 nitrogen and oxygen atoms in total. The van der Waals surface area contributed by atoms with Crippen LogP contribution >= 0.6 is 0 Å². The maximum atomic E-state index is 6.32. The number of rotatable bonds is 4. The third-order valence-electron chi connectivity index (χ3n) is 5.85. The van der Waals surface area contributed by atoms with Crippen molar-refractivity contribution >= 4 is 0 Å². The first-order valence-corrected chi connectivity index (χ1v) is 10.0. The molecule has 1 heterocycles. The number of ether oxygens (including phenoxy) is 2. The van der Waals surface area contributed by atoms with Gasteiger partial charge in [-0.2, -0.15) is 0 Å². The second kappa shape index (κ2) is 7.35. The van der Waals surface area contributed by atoms with Crippen LogP contribution in [0.4, 0.5) is 0 Å². The van der Waals surface area contributed by atoms with E-state index in [1.807, 2.05) is 12.1 Å². The number of hydrogen-bond donors (Lipinski definition) is 0. The van der Waals surface area contributed by atoms with Crippen LogP contribution < -0.4 is 9.47 Å². The van der Waals surface area contributed by atoms with Gasteiger partial charge in [0.2, 0.25) is 0 Å². The molecule has 0 saturated carbocycles. The summed E-state index contributed by atoms with van der Waals surface area (Å²) in [7, 11) is 1.70. The number of hydrogen-bond acceptors (Lipinski definition) is 2. The summed E-state index contributed by atoms with van der Waals surface area (Å²) in [5.74, 6) is 2.75. The van der Waals surface area contributed by atoms with Crippen LogP contribution in [-0.4, -0.2) is 13.7 Å². The molecule has 1 unspecified atom stereocenters. The van der Waals surface area contributed by atoms with E-state index in [1.165, 1.54) is 38.9 Å². The van der Waals surface area contributed by atoms with Crippen molar-refractivity contribution in [2.45, 2.75) is 39.5 Å². The van der Waals surface area contributed by atoms with E-state index in [0.717, 1.165) is 11.5 Å². The molecule has 0 radical (unpaired) electrons. The Morgan fingerprint density at radius 2 is 1.61 bits per heavy atom. The van der Waals surface area contributed by atoms with E-state index in [-0.39, 0.29) is 5.92 Å². The highest BCUT2D eigenvalue weighted by molar-refractivity contribution is 5.78. The Morgan fingerprint density at radius 1 is 0.929 bits per heavy atom. The zero-order chi connectivity index (χ0) is 19.8. The van der Waals surface area contributed by atoms with Crippen LogP contribution in [0.5, 0.6) is 11.5 Å². The molecule has 1 aliphatic heterocycles. The third-order valence-corrected chi connectivity index (χ3v) is 5.85. The SMILES string of the molecule is COc1ccc(-c2c(C)cc(C)c3c2OCC3c2ccc(C(C)C)cc2)cc1. The van der Waals surface area contributed by atoms with Gasteiger partial charge in [-0.3, -0.25) is 0 Å². The molecule has 4 rings (SSSR count). The summed E-state index contributed by atoms with van der Waals surface area (Å²) in [6.07, 6.45) is 0. The van der Waals surface area contributed by atoms with Gasteiger partial charge < -0.3 is 9.47 Å². The van der Waals surface area contributed by atoms with Gasteiger partial charge >= 0.3 is 0 Å². The minimum absolute atomic E-state index is 0.286. The lowest BCUT2D eigenvalue weighted by molar-refractivity contribution is 0.344. The molecular weight excluding hydrogens is 344 g/mol. The van der Waals surface area contributed by atoms with Crippen LogP contribution in [0.3, 0.4) is 0 Å². The Bertz CT molecular complexity index is 982.